The third-order valence-electron chi connectivity index (χ3n) is 5.70. The Balaban J connectivity index is 0.00000272. The summed E-state index contributed by atoms with van der Waals surface area (Å²) in [5, 5.41) is 7.94. The number of fused-ring (bicyclic) bond motifs is 1. The minimum atomic E-state index is 0. The molecule has 1 aliphatic rings. The number of halogens is 1. The van der Waals surface area contributed by atoms with Gasteiger partial charge in [-0.15, -0.1) is 24.0 Å². The maximum atomic E-state index is 6.00. The summed E-state index contributed by atoms with van der Waals surface area (Å²) in [5.41, 5.74) is 3.25. The molecule has 1 aromatic carbocycles. The van der Waals surface area contributed by atoms with Crippen LogP contribution >= 0.6 is 24.0 Å². The smallest absolute Gasteiger partial charge is 0.191 e. The molecule has 4 rings (SSSR count). The Labute approximate surface area is 200 Å². The van der Waals surface area contributed by atoms with Crippen molar-refractivity contribution in [1.82, 2.24) is 20.5 Å². The van der Waals surface area contributed by atoms with E-state index < -0.39 is 0 Å². The second-order valence-electron chi connectivity index (χ2n) is 7.70. The minimum Gasteiger partial charge on any atom is -0.459 e. The lowest BCUT2D eigenvalue weighted by Crippen LogP contribution is -2.45. The van der Waals surface area contributed by atoms with E-state index in [0.717, 1.165) is 60.2 Å². The molecule has 1 aliphatic heterocycles. The Morgan fingerprint density at radius 3 is 2.55 bits per heavy atom. The Bertz CT molecular complexity index is 1030. The van der Waals surface area contributed by atoms with Crippen molar-refractivity contribution in [2.24, 2.45) is 4.99 Å². The molecule has 0 spiro atoms. The molecule has 0 bridgehead atoms. The lowest BCUT2D eigenvalue weighted by Gasteiger charge is -2.34. The van der Waals surface area contributed by atoms with Crippen LogP contribution in [0.2, 0.25) is 0 Å². The van der Waals surface area contributed by atoms with Gasteiger partial charge in [0.05, 0.1) is 6.54 Å². The minimum absolute atomic E-state index is 0. The zero-order valence-corrected chi connectivity index (χ0v) is 20.7. The van der Waals surface area contributed by atoms with Gasteiger partial charge in [0.25, 0.3) is 0 Å². The molecule has 0 atom stereocenters. The van der Waals surface area contributed by atoms with Gasteiger partial charge in [0.2, 0.25) is 0 Å². The summed E-state index contributed by atoms with van der Waals surface area (Å²) in [6, 6.07) is 12.2. The van der Waals surface area contributed by atoms with Crippen molar-refractivity contribution in [1.29, 1.82) is 0 Å². The van der Waals surface area contributed by atoms with Crippen LogP contribution in [-0.2, 0) is 13.1 Å². The number of nitrogens with zero attached hydrogens (tertiary/aromatic N) is 4. The number of rotatable bonds is 5. The molecule has 2 N–H and O–H groups in total. The van der Waals surface area contributed by atoms with E-state index in [1.807, 2.05) is 30.5 Å². The van der Waals surface area contributed by atoms with Gasteiger partial charge < -0.3 is 24.9 Å². The fourth-order valence-corrected chi connectivity index (χ4v) is 3.83. The first-order valence-corrected chi connectivity index (χ1v) is 10.4. The van der Waals surface area contributed by atoms with Crippen molar-refractivity contribution in [3.8, 4) is 0 Å². The molecule has 7 nitrogen and oxygen atoms in total. The third kappa shape index (κ3) is 5.48. The highest BCUT2D eigenvalue weighted by atomic mass is 127. The van der Waals surface area contributed by atoms with Crippen LogP contribution in [0.1, 0.15) is 16.9 Å². The van der Waals surface area contributed by atoms with Gasteiger partial charge in [-0.05, 0) is 26.1 Å². The number of aromatic nitrogens is 1. The van der Waals surface area contributed by atoms with E-state index in [1.165, 1.54) is 5.56 Å². The molecular formula is C23H31IN6O. The van der Waals surface area contributed by atoms with Gasteiger partial charge in [0, 0.05) is 62.5 Å². The molecule has 1 fully saturated rings. The number of aliphatic imine (C=N–C) groups is 1. The molecule has 0 radical (unpaired) electrons. The number of hydrogen-bond acceptors (Lipinski definition) is 5. The monoisotopic (exact) mass is 534 g/mol. The first-order chi connectivity index (χ1) is 14.7. The van der Waals surface area contributed by atoms with Crippen molar-refractivity contribution in [2.45, 2.75) is 20.0 Å². The fourth-order valence-electron chi connectivity index (χ4n) is 3.83. The molecule has 0 aliphatic carbocycles. The van der Waals surface area contributed by atoms with E-state index in [1.54, 1.807) is 7.05 Å². The quantitative estimate of drug-likeness (QED) is 0.297. The van der Waals surface area contributed by atoms with Gasteiger partial charge >= 0.3 is 0 Å². The lowest BCUT2D eigenvalue weighted by molar-refractivity contribution is 0.312. The molecule has 2 aromatic heterocycles. The molecule has 0 saturated carbocycles. The molecule has 31 heavy (non-hydrogen) atoms. The van der Waals surface area contributed by atoms with Crippen LogP contribution in [0, 0.1) is 6.92 Å². The largest absolute Gasteiger partial charge is 0.459 e. The predicted octanol–water partition coefficient (Wildman–Crippen LogP) is 3.37. The van der Waals surface area contributed by atoms with E-state index in [4.69, 9.17) is 4.42 Å². The van der Waals surface area contributed by atoms with E-state index >= 15 is 0 Å². The molecular weight excluding hydrogens is 503 g/mol. The van der Waals surface area contributed by atoms with Crippen LogP contribution in [0.15, 0.2) is 52.0 Å². The molecule has 1 saturated heterocycles. The Morgan fingerprint density at radius 2 is 1.81 bits per heavy atom. The van der Waals surface area contributed by atoms with Crippen LogP contribution in [-0.4, -0.2) is 56.1 Å². The number of para-hydroxylation sites is 1. The topological polar surface area (TPSA) is 68.9 Å². The molecule has 8 heteroatoms. The van der Waals surface area contributed by atoms with Crippen LogP contribution < -0.4 is 15.5 Å². The average molecular weight is 534 g/mol. The highest BCUT2D eigenvalue weighted by molar-refractivity contribution is 14.0. The van der Waals surface area contributed by atoms with Crippen LogP contribution in [0.25, 0.3) is 11.0 Å². The highest BCUT2D eigenvalue weighted by Gasteiger charge is 2.18. The zero-order valence-electron chi connectivity index (χ0n) is 18.4. The maximum Gasteiger partial charge on any atom is 0.191 e. The number of furan rings is 1. The second kappa shape index (κ2) is 10.8. The number of hydrogen-bond donors (Lipinski definition) is 2. The molecule has 3 heterocycles. The van der Waals surface area contributed by atoms with Crippen molar-refractivity contribution in [2.75, 3.05) is 45.2 Å². The number of pyridine rings is 1. The molecule has 3 aromatic rings. The van der Waals surface area contributed by atoms with Gasteiger partial charge in [-0.25, -0.2) is 4.98 Å². The van der Waals surface area contributed by atoms with E-state index in [9.17, 15) is 0 Å². The summed E-state index contributed by atoms with van der Waals surface area (Å²) in [4.78, 5) is 13.7. The fraction of sp³-hybridized carbons (Fsp3) is 0.391. The van der Waals surface area contributed by atoms with Gasteiger partial charge in [0.1, 0.15) is 17.2 Å². The first kappa shape index (κ1) is 23.3. The van der Waals surface area contributed by atoms with Crippen molar-refractivity contribution >= 4 is 46.7 Å². The van der Waals surface area contributed by atoms with Gasteiger partial charge in [-0.3, -0.25) is 4.99 Å². The summed E-state index contributed by atoms with van der Waals surface area (Å²) in [6.07, 6.45) is 1.87. The summed E-state index contributed by atoms with van der Waals surface area (Å²) < 4.78 is 6.00. The summed E-state index contributed by atoms with van der Waals surface area (Å²) in [6.45, 7) is 7.45. The average Bonchev–Trinajstić information content (AvgIpc) is 3.10. The second-order valence-corrected chi connectivity index (χ2v) is 7.70. The number of anilines is 1. The number of guanidine groups is 1. The van der Waals surface area contributed by atoms with Crippen LogP contribution in [0.4, 0.5) is 5.82 Å². The van der Waals surface area contributed by atoms with E-state index in [-0.39, 0.29) is 24.0 Å². The van der Waals surface area contributed by atoms with Crippen molar-refractivity contribution in [3.63, 3.8) is 0 Å². The lowest BCUT2D eigenvalue weighted by atomic mass is 10.1. The standard InChI is InChI=1S/C23H30N6O.HI/c1-17-19-8-4-5-9-20(19)30-21(17)16-27-23(24-2)26-15-18-7-6-10-25-22(18)29-13-11-28(3)12-14-29;/h4-10H,11-16H2,1-3H3,(H2,24,26,27);1H. The normalized spacial score (nSPS) is 15.1. The van der Waals surface area contributed by atoms with Crippen LogP contribution in [0.3, 0.4) is 0 Å². The number of piperazine rings is 1. The molecule has 0 amide bonds. The van der Waals surface area contributed by atoms with Crippen LogP contribution in [0.5, 0.6) is 0 Å². The SMILES string of the molecule is CN=C(NCc1cccnc1N1CCN(C)CC1)NCc1oc2ccccc2c1C.I. The number of benzene rings is 1. The summed E-state index contributed by atoms with van der Waals surface area (Å²) in [7, 11) is 3.95. The van der Waals surface area contributed by atoms with E-state index in [2.05, 4.69) is 56.5 Å². The van der Waals surface area contributed by atoms with Gasteiger partial charge in [0.15, 0.2) is 5.96 Å². The maximum absolute atomic E-state index is 6.00. The first-order valence-electron chi connectivity index (χ1n) is 10.4. The number of likely N-dealkylation sites (N-methyl/N-ethyl adjacent to an activating group) is 1. The summed E-state index contributed by atoms with van der Waals surface area (Å²) in [5.74, 6) is 2.73. The van der Waals surface area contributed by atoms with Crippen molar-refractivity contribution in [3.05, 3.63) is 59.5 Å². The Hall–Kier alpha value is -2.33. The zero-order chi connectivity index (χ0) is 20.9. The Morgan fingerprint density at radius 1 is 1.06 bits per heavy atom. The molecule has 0 unspecified atom stereocenters. The summed E-state index contributed by atoms with van der Waals surface area (Å²) >= 11 is 0. The highest BCUT2D eigenvalue weighted by Crippen LogP contribution is 2.24. The number of nitrogens with one attached hydrogen (secondary N) is 2. The van der Waals surface area contributed by atoms with Gasteiger partial charge in [-0.1, -0.05) is 24.3 Å². The van der Waals surface area contributed by atoms with E-state index in [0.29, 0.717) is 13.1 Å². The Kier molecular flexibility index (Phi) is 8.14. The van der Waals surface area contributed by atoms with Crippen molar-refractivity contribution < 1.29 is 4.42 Å². The number of aryl methyl sites for hydroxylation is 1. The predicted molar refractivity (Wildman–Crippen MR) is 137 cm³/mol. The van der Waals surface area contributed by atoms with Gasteiger partial charge in [-0.2, -0.15) is 0 Å². The molecule has 166 valence electrons. The third-order valence-corrected chi connectivity index (χ3v) is 5.70.